The lowest BCUT2D eigenvalue weighted by molar-refractivity contribution is -0.121. The third kappa shape index (κ3) is 3.74. The Morgan fingerprint density at radius 3 is 2.83 bits per heavy atom. The van der Waals surface area contributed by atoms with Crippen molar-refractivity contribution >= 4 is 40.6 Å². The molecule has 0 saturated carbocycles. The minimum Gasteiger partial charge on any atom is -0.507 e. The number of fused-ring (bicyclic) bond motifs is 1. The average molecular weight is 408 g/mol. The second kappa shape index (κ2) is 7.48. The first-order valence-electron chi connectivity index (χ1n) is 8.67. The highest BCUT2D eigenvalue weighted by Gasteiger charge is 2.31. The van der Waals surface area contributed by atoms with Crippen LogP contribution in [-0.2, 0) is 4.79 Å². The van der Waals surface area contributed by atoms with Crippen molar-refractivity contribution < 1.29 is 24.5 Å². The van der Waals surface area contributed by atoms with Gasteiger partial charge < -0.3 is 14.9 Å². The number of aromatic carboxylic acids is 1. The Hall–Kier alpha value is -3.52. The van der Waals surface area contributed by atoms with Crippen LogP contribution in [-0.4, -0.2) is 45.8 Å². The van der Waals surface area contributed by atoms with Crippen LogP contribution in [0.25, 0.3) is 6.08 Å². The Kier molecular flexibility index (Phi) is 4.85. The summed E-state index contributed by atoms with van der Waals surface area (Å²) in [5.41, 5.74) is 1.97. The van der Waals surface area contributed by atoms with E-state index in [1.165, 1.54) is 34.9 Å². The molecule has 0 aromatic heterocycles. The number of benzene rings is 2. The highest BCUT2D eigenvalue weighted by Crippen LogP contribution is 2.35. The lowest BCUT2D eigenvalue weighted by Crippen LogP contribution is -2.23. The van der Waals surface area contributed by atoms with Gasteiger partial charge in [0.05, 0.1) is 10.6 Å². The van der Waals surface area contributed by atoms with Gasteiger partial charge in [-0.1, -0.05) is 18.2 Å². The zero-order valence-electron chi connectivity index (χ0n) is 15.3. The van der Waals surface area contributed by atoms with Crippen LogP contribution in [0.4, 0.5) is 5.69 Å². The molecule has 2 N–H and O–H groups in total. The highest BCUT2D eigenvalue weighted by molar-refractivity contribution is 8.18. The molecule has 8 heteroatoms. The number of amides is 1. The predicted molar refractivity (Wildman–Crippen MR) is 111 cm³/mol. The molecule has 0 unspecified atom stereocenters. The maximum atomic E-state index is 12.6. The number of thioether (sulfide) groups is 1. The van der Waals surface area contributed by atoms with E-state index in [9.17, 15) is 14.7 Å². The number of hydrogen-bond acceptors (Lipinski definition) is 6. The van der Waals surface area contributed by atoms with Crippen LogP contribution < -0.4 is 4.74 Å². The fraction of sp³-hybridized carbons (Fsp3) is 0.0952. The number of para-hydroxylation sites is 1. The van der Waals surface area contributed by atoms with Crippen molar-refractivity contribution in [3.63, 3.8) is 0 Å². The first-order valence-corrected chi connectivity index (χ1v) is 9.49. The predicted octanol–water partition coefficient (Wildman–Crippen LogP) is 3.64. The number of carboxylic acids is 1. The zero-order chi connectivity index (χ0) is 20.5. The average Bonchev–Trinajstić information content (AvgIpc) is 2.95. The van der Waals surface area contributed by atoms with E-state index >= 15 is 0 Å². The molecule has 2 aliphatic rings. The van der Waals surface area contributed by atoms with E-state index in [1.807, 2.05) is 30.3 Å². The minimum atomic E-state index is -1.22. The molecule has 29 heavy (non-hydrogen) atoms. The van der Waals surface area contributed by atoms with Crippen LogP contribution in [0, 0.1) is 0 Å². The van der Waals surface area contributed by atoms with Crippen LogP contribution in [0.5, 0.6) is 11.5 Å². The summed E-state index contributed by atoms with van der Waals surface area (Å²) < 4.78 is 5.72. The number of carboxylic acid groups (broad SMARTS) is 1. The third-order valence-corrected chi connectivity index (χ3v) is 5.47. The number of hydrogen-bond donors (Lipinski definition) is 2. The van der Waals surface area contributed by atoms with Gasteiger partial charge in [0.25, 0.3) is 5.91 Å². The second-order valence-corrected chi connectivity index (χ2v) is 7.43. The first-order chi connectivity index (χ1) is 13.9. The summed E-state index contributed by atoms with van der Waals surface area (Å²) in [5.74, 6) is -0.988. The Morgan fingerprint density at radius 2 is 2.07 bits per heavy atom. The zero-order valence-corrected chi connectivity index (χ0v) is 16.1. The van der Waals surface area contributed by atoms with Gasteiger partial charge in [0.1, 0.15) is 23.7 Å². The van der Waals surface area contributed by atoms with Gasteiger partial charge in [-0.25, -0.2) is 9.79 Å². The smallest absolute Gasteiger partial charge is 0.339 e. The molecule has 2 aromatic carbocycles. The van der Waals surface area contributed by atoms with Gasteiger partial charge >= 0.3 is 5.97 Å². The van der Waals surface area contributed by atoms with Gasteiger partial charge in [-0.3, -0.25) is 9.69 Å². The van der Waals surface area contributed by atoms with E-state index < -0.39 is 5.97 Å². The van der Waals surface area contributed by atoms with Crippen LogP contribution in [0.1, 0.15) is 15.9 Å². The molecule has 1 saturated heterocycles. The van der Waals surface area contributed by atoms with Gasteiger partial charge in [-0.15, -0.1) is 0 Å². The van der Waals surface area contributed by atoms with Gasteiger partial charge in [-0.05, 0) is 47.7 Å². The van der Waals surface area contributed by atoms with Crippen molar-refractivity contribution in [2.45, 2.75) is 0 Å². The summed E-state index contributed by atoms with van der Waals surface area (Å²) in [6.07, 6.45) is 3.77. The van der Waals surface area contributed by atoms with Gasteiger partial charge in [-0.2, -0.15) is 0 Å². The molecule has 0 atom stereocenters. The molecule has 0 aliphatic carbocycles. The van der Waals surface area contributed by atoms with Crippen LogP contribution in [0.2, 0.25) is 0 Å². The Labute approximate surface area is 170 Å². The molecule has 2 heterocycles. The van der Waals surface area contributed by atoms with Crippen molar-refractivity contribution in [1.82, 2.24) is 4.90 Å². The fourth-order valence-electron chi connectivity index (χ4n) is 2.92. The summed E-state index contributed by atoms with van der Waals surface area (Å²) >= 11 is 1.21. The molecule has 0 spiro atoms. The minimum absolute atomic E-state index is 0.195. The topological polar surface area (TPSA) is 99.4 Å². The lowest BCUT2D eigenvalue weighted by Gasteiger charge is -2.15. The molecule has 2 aromatic rings. The number of aromatic hydroxyl groups is 1. The first kappa shape index (κ1) is 18.8. The number of amidine groups is 1. The van der Waals surface area contributed by atoms with E-state index in [1.54, 1.807) is 13.1 Å². The standard InChI is InChI=1S/C21H16N2O5S/c1-23-19(25)18(9-12-8-13-4-2-3-5-17(13)28-11-12)29-21(23)22-14-6-7-15(20(26)27)16(24)10-14/h2-10,24H,11H2,1H3,(H,26,27)/b18-9-,22-21?. The van der Waals surface area contributed by atoms with Crippen molar-refractivity contribution in [1.29, 1.82) is 0 Å². The molecular formula is C21H16N2O5S. The monoisotopic (exact) mass is 408 g/mol. The van der Waals surface area contributed by atoms with E-state index in [0.717, 1.165) is 16.9 Å². The maximum absolute atomic E-state index is 12.6. The maximum Gasteiger partial charge on any atom is 0.339 e. The fourth-order valence-corrected chi connectivity index (χ4v) is 3.92. The number of phenols is 1. The normalized spacial score (nSPS) is 18.6. The second-order valence-electron chi connectivity index (χ2n) is 6.42. The van der Waals surface area contributed by atoms with Crippen molar-refractivity contribution in [3.05, 3.63) is 70.1 Å². The molecule has 0 bridgehead atoms. The number of carbonyl (C=O) groups excluding carboxylic acids is 1. The molecular weight excluding hydrogens is 392 g/mol. The number of likely N-dealkylation sites (N-methyl/N-ethyl adjacent to an activating group) is 1. The molecule has 146 valence electrons. The van der Waals surface area contributed by atoms with E-state index in [0.29, 0.717) is 22.4 Å². The van der Waals surface area contributed by atoms with Crippen molar-refractivity contribution in [2.75, 3.05) is 13.7 Å². The van der Waals surface area contributed by atoms with Gasteiger partial charge in [0.2, 0.25) is 0 Å². The number of carbonyl (C=O) groups is 2. The van der Waals surface area contributed by atoms with Crippen molar-refractivity contribution in [3.8, 4) is 11.5 Å². The van der Waals surface area contributed by atoms with Crippen LogP contribution >= 0.6 is 11.8 Å². The SMILES string of the molecule is CN1C(=O)/C(=C/C2=Cc3ccccc3OC2)SC1=Nc1ccc(C(=O)O)c(O)c1. The summed E-state index contributed by atoms with van der Waals surface area (Å²) in [6, 6.07) is 11.7. The summed E-state index contributed by atoms with van der Waals surface area (Å²) in [7, 11) is 1.61. The third-order valence-electron chi connectivity index (χ3n) is 4.41. The summed E-state index contributed by atoms with van der Waals surface area (Å²) in [5, 5.41) is 19.3. The van der Waals surface area contributed by atoms with Gasteiger partial charge in [0.15, 0.2) is 5.17 Å². The molecule has 1 fully saturated rings. The number of aliphatic imine (C=N–C) groups is 1. The Morgan fingerprint density at radius 1 is 1.28 bits per heavy atom. The Balaban J connectivity index is 1.60. The number of rotatable bonds is 3. The largest absolute Gasteiger partial charge is 0.507 e. The van der Waals surface area contributed by atoms with Crippen LogP contribution in [0.15, 0.2) is 64.0 Å². The van der Waals surface area contributed by atoms with Gasteiger partial charge in [0, 0.05) is 18.7 Å². The highest BCUT2D eigenvalue weighted by atomic mass is 32.2. The molecule has 2 aliphatic heterocycles. The van der Waals surface area contributed by atoms with E-state index in [2.05, 4.69) is 4.99 Å². The van der Waals surface area contributed by atoms with E-state index in [-0.39, 0.29) is 17.2 Å². The lowest BCUT2D eigenvalue weighted by atomic mass is 10.1. The summed E-state index contributed by atoms with van der Waals surface area (Å²) in [6.45, 7) is 0.370. The summed E-state index contributed by atoms with van der Waals surface area (Å²) in [4.78, 5) is 29.9. The molecule has 0 radical (unpaired) electrons. The number of ether oxygens (including phenoxy) is 1. The van der Waals surface area contributed by atoms with E-state index in [4.69, 9.17) is 9.84 Å². The number of nitrogens with zero attached hydrogens (tertiary/aromatic N) is 2. The Bertz CT molecular complexity index is 1120. The van der Waals surface area contributed by atoms with Crippen molar-refractivity contribution in [2.24, 2.45) is 4.99 Å². The molecule has 4 rings (SSSR count). The van der Waals surface area contributed by atoms with Crippen LogP contribution in [0.3, 0.4) is 0 Å². The quantitative estimate of drug-likeness (QED) is 0.753. The molecule has 1 amide bonds. The molecule has 7 nitrogen and oxygen atoms in total.